The standard InChI is InChI=1S/C18H18N2O/c1-18(2,3)15-10-6-5-9-14(15)17(21)20-16-11-7-4-8-13(16)12-19/h4-11H,1-3H3,(H,20,21). The number of carbonyl (C=O) groups excluding carboxylic acids is 1. The average molecular weight is 278 g/mol. The molecule has 0 radical (unpaired) electrons. The number of benzene rings is 2. The first-order chi connectivity index (χ1) is 9.93. The van der Waals surface area contributed by atoms with Gasteiger partial charge < -0.3 is 5.32 Å². The van der Waals surface area contributed by atoms with E-state index < -0.39 is 0 Å². The van der Waals surface area contributed by atoms with Crippen LogP contribution >= 0.6 is 0 Å². The van der Waals surface area contributed by atoms with E-state index in [0.717, 1.165) is 5.56 Å². The van der Waals surface area contributed by atoms with Crippen LogP contribution in [0.25, 0.3) is 0 Å². The lowest BCUT2D eigenvalue weighted by Crippen LogP contribution is -2.21. The quantitative estimate of drug-likeness (QED) is 0.898. The van der Waals surface area contributed by atoms with Gasteiger partial charge in [0, 0.05) is 5.56 Å². The topological polar surface area (TPSA) is 52.9 Å². The lowest BCUT2D eigenvalue weighted by molar-refractivity contribution is 0.102. The molecular weight excluding hydrogens is 260 g/mol. The molecule has 2 aromatic rings. The highest BCUT2D eigenvalue weighted by Crippen LogP contribution is 2.26. The van der Waals surface area contributed by atoms with Gasteiger partial charge in [-0.15, -0.1) is 0 Å². The van der Waals surface area contributed by atoms with Crippen LogP contribution < -0.4 is 5.32 Å². The summed E-state index contributed by atoms with van der Waals surface area (Å²) in [5.74, 6) is -0.191. The van der Waals surface area contributed by atoms with Crippen molar-refractivity contribution in [1.82, 2.24) is 0 Å². The molecule has 0 saturated heterocycles. The summed E-state index contributed by atoms with van der Waals surface area (Å²) >= 11 is 0. The van der Waals surface area contributed by atoms with Crippen molar-refractivity contribution >= 4 is 11.6 Å². The Balaban J connectivity index is 2.37. The van der Waals surface area contributed by atoms with Gasteiger partial charge in [-0.1, -0.05) is 51.1 Å². The second-order valence-electron chi connectivity index (χ2n) is 5.91. The molecule has 0 aromatic heterocycles. The minimum absolute atomic E-state index is 0.122. The summed E-state index contributed by atoms with van der Waals surface area (Å²) in [7, 11) is 0. The van der Waals surface area contributed by atoms with E-state index in [4.69, 9.17) is 5.26 Å². The summed E-state index contributed by atoms with van der Waals surface area (Å²) in [6.45, 7) is 6.22. The molecule has 2 aromatic carbocycles. The minimum Gasteiger partial charge on any atom is -0.321 e. The van der Waals surface area contributed by atoms with Gasteiger partial charge in [-0.2, -0.15) is 5.26 Å². The molecule has 2 rings (SSSR count). The third kappa shape index (κ3) is 3.29. The van der Waals surface area contributed by atoms with Crippen LogP contribution in [0.15, 0.2) is 48.5 Å². The van der Waals surface area contributed by atoms with Crippen LogP contribution in [-0.2, 0) is 5.41 Å². The van der Waals surface area contributed by atoms with Crippen LogP contribution in [0.4, 0.5) is 5.69 Å². The van der Waals surface area contributed by atoms with Gasteiger partial charge in [0.05, 0.1) is 11.3 Å². The number of nitrogens with zero attached hydrogens (tertiary/aromatic N) is 1. The van der Waals surface area contributed by atoms with Gasteiger partial charge in [-0.05, 0) is 29.2 Å². The summed E-state index contributed by atoms with van der Waals surface area (Å²) in [5.41, 5.74) is 2.49. The molecule has 0 aliphatic carbocycles. The van der Waals surface area contributed by atoms with E-state index in [1.807, 2.05) is 24.3 Å². The third-order valence-corrected chi connectivity index (χ3v) is 3.28. The summed E-state index contributed by atoms with van der Waals surface area (Å²) in [6.07, 6.45) is 0. The summed E-state index contributed by atoms with van der Waals surface area (Å²) < 4.78 is 0. The van der Waals surface area contributed by atoms with Crippen molar-refractivity contribution in [3.8, 4) is 6.07 Å². The number of hydrogen-bond donors (Lipinski definition) is 1. The lowest BCUT2D eigenvalue weighted by Gasteiger charge is -2.22. The number of para-hydroxylation sites is 1. The second kappa shape index (κ2) is 5.80. The zero-order chi connectivity index (χ0) is 15.5. The van der Waals surface area contributed by atoms with Gasteiger partial charge in [-0.3, -0.25) is 4.79 Å². The van der Waals surface area contributed by atoms with Crippen molar-refractivity contribution in [2.75, 3.05) is 5.32 Å². The molecule has 0 aliphatic rings. The molecule has 0 atom stereocenters. The number of nitrogens with one attached hydrogen (secondary N) is 1. The van der Waals surface area contributed by atoms with Gasteiger partial charge in [0.2, 0.25) is 0 Å². The number of amides is 1. The highest BCUT2D eigenvalue weighted by molar-refractivity contribution is 6.06. The summed E-state index contributed by atoms with van der Waals surface area (Å²) in [5, 5.41) is 11.9. The Bertz CT molecular complexity index is 706. The third-order valence-electron chi connectivity index (χ3n) is 3.28. The molecule has 0 fully saturated rings. The van der Waals surface area contributed by atoms with E-state index in [0.29, 0.717) is 16.8 Å². The molecule has 0 bridgehead atoms. The smallest absolute Gasteiger partial charge is 0.255 e. The van der Waals surface area contributed by atoms with Gasteiger partial charge in [-0.25, -0.2) is 0 Å². The van der Waals surface area contributed by atoms with E-state index in [1.165, 1.54) is 0 Å². The van der Waals surface area contributed by atoms with Gasteiger partial charge in [0.25, 0.3) is 5.91 Å². The monoisotopic (exact) mass is 278 g/mol. The molecule has 1 N–H and O–H groups in total. The van der Waals surface area contributed by atoms with Crippen LogP contribution in [0.3, 0.4) is 0 Å². The number of rotatable bonds is 2. The maximum Gasteiger partial charge on any atom is 0.255 e. The largest absolute Gasteiger partial charge is 0.321 e. The Kier molecular flexibility index (Phi) is 4.09. The van der Waals surface area contributed by atoms with Crippen molar-refractivity contribution < 1.29 is 4.79 Å². The summed E-state index contributed by atoms with van der Waals surface area (Å²) in [6, 6.07) is 16.6. The second-order valence-corrected chi connectivity index (χ2v) is 5.91. The number of nitriles is 1. The number of hydrogen-bond acceptors (Lipinski definition) is 2. The van der Waals surface area contributed by atoms with Crippen molar-refractivity contribution in [2.24, 2.45) is 0 Å². The first-order valence-electron chi connectivity index (χ1n) is 6.83. The Morgan fingerprint density at radius 2 is 1.67 bits per heavy atom. The SMILES string of the molecule is CC(C)(C)c1ccccc1C(=O)Nc1ccccc1C#N. The van der Waals surface area contributed by atoms with Crippen LogP contribution in [0.2, 0.25) is 0 Å². The molecule has 0 heterocycles. The van der Waals surface area contributed by atoms with Crippen molar-refractivity contribution in [3.63, 3.8) is 0 Å². The zero-order valence-electron chi connectivity index (χ0n) is 12.5. The molecule has 3 heteroatoms. The normalized spacial score (nSPS) is 10.8. The van der Waals surface area contributed by atoms with Crippen LogP contribution in [0.5, 0.6) is 0 Å². The fourth-order valence-corrected chi connectivity index (χ4v) is 2.21. The highest BCUT2D eigenvalue weighted by atomic mass is 16.1. The maximum absolute atomic E-state index is 12.5. The fraction of sp³-hybridized carbons (Fsp3) is 0.222. The number of anilines is 1. The van der Waals surface area contributed by atoms with Crippen molar-refractivity contribution in [2.45, 2.75) is 26.2 Å². The Labute approximate surface area is 125 Å². The van der Waals surface area contributed by atoms with E-state index in [1.54, 1.807) is 24.3 Å². The molecule has 0 saturated carbocycles. The first kappa shape index (κ1) is 14.8. The Morgan fingerprint density at radius 3 is 2.33 bits per heavy atom. The van der Waals surface area contributed by atoms with Gasteiger partial charge in [0.1, 0.15) is 6.07 Å². The van der Waals surface area contributed by atoms with Gasteiger partial charge >= 0.3 is 0 Å². The van der Waals surface area contributed by atoms with Crippen LogP contribution in [0, 0.1) is 11.3 Å². The zero-order valence-corrected chi connectivity index (χ0v) is 12.5. The maximum atomic E-state index is 12.5. The Morgan fingerprint density at radius 1 is 1.05 bits per heavy atom. The molecular formula is C18H18N2O. The van der Waals surface area contributed by atoms with Crippen LogP contribution in [-0.4, -0.2) is 5.91 Å². The molecule has 0 aliphatic heterocycles. The molecule has 1 amide bonds. The van der Waals surface area contributed by atoms with E-state index >= 15 is 0 Å². The van der Waals surface area contributed by atoms with Gasteiger partial charge in [0.15, 0.2) is 0 Å². The molecule has 0 unspecified atom stereocenters. The molecule has 21 heavy (non-hydrogen) atoms. The Hall–Kier alpha value is -2.60. The van der Waals surface area contributed by atoms with Crippen molar-refractivity contribution in [1.29, 1.82) is 5.26 Å². The van der Waals surface area contributed by atoms with E-state index in [2.05, 4.69) is 32.2 Å². The minimum atomic E-state index is -0.191. The lowest BCUT2D eigenvalue weighted by atomic mass is 9.83. The summed E-state index contributed by atoms with van der Waals surface area (Å²) in [4.78, 5) is 12.5. The number of carbonyl (C=O) groups is 1. The highest BCUT2D eigenvalue weighted by Gasteiger charge is 2.21. The average Bonchev–Trinajstić information content (AvgIpc) is 2.47. The predicted octanol–water partition coefficient (Wildman–Crippen LogP) is 4.11. The molecule has 3 nitrogen and oxygen atoms in total. The van der Waals surface area contributed by atoms with E-state index in [-0.39, 0.29) is 11.3 Å². The first-order valence-corrected chi connectivity index (χ1v) is 6.83. The van der Waals surface area contributed by atoms with Crippen molar-refractivity contribution in [3.05, 3.63) is 65.2 Å². The van der Waals surface area contributed by atoms with E-state index in [9.17, 15) is 4.79 Å². The van der Waals surface area contributed by atoms with Crippen LogP contribution in [0.1, 0.15) is 42.3 Å². The molecule has 0 spiro atoms. The molecule has 106 valence electrons. The fourth-order valence-electron chi connectivity index (χ4n) is 2.21. The predicted molar refractivity (Wildman–Crippen MR) is 84.3 cm³/mol.